The van der Waals surface area contributed by atoms with Crippen LogP contribution in [0.15, 0.2) is 36.4 Å². The molecule has 2 aromatic rings. The second kappa shape index (κ2) is 5.33. The van der Waals surface area contributed by atoms with Crippen LogP contribution in [0, 0.1) is 18.6 Å². The molecule has 3 heteroatoms. The molecule has 3 rings (SSSR count). The van der Waals surface area contributed by atoms with Gasteiger partial charge in [-0.15, -0.1) is 0 Å². The van der Waals surface area contributed by atoms with E-state index in [1.165, 1.54) is 25.0 Å². The van der Waals surface area contributed by atoms with Gasteiger partial charge in [0.15, 0.2) is 0 Å². The zero-order valence-electron chi connectivity index (χ0n) is 11.4. The molecule has 0 radical (unpaired) electrons. The second-order valence-corrected chi connectivity index (χ2v) is 5.37. The van der Waals surface area contributed by atoms with Crippen LogP contribution < -0.4 is 5.32 Å². The topological polar surface area (TPSA) is 12.0 Å². The molecule has 104 valence electrons. The Morgan fingerprint density at radius 1 is 1.10 bits per heavy atom. The maximum absolute atomic E-state index is 14.3. The minimum Gasteiger partial charge on any atom is -0.310 e. The fourth-order valence-corrected chi connectivity index (χ4v) is 2.36. The van der Waals surface area contributed by atoms with Crippen molar-refractivity contribution in [3.05, 3.63) is 59.2 Å². The van der Waals surface area contributed by atoms with Crippen LogP contribution in [0.1, 0.15) is 24.0 Å². The van der Waals surface area contributed by atoms with Crippen molar-refractivity contribution in [3.8, 4) is 11.1 Å². The number of halogens is 2. The minimum atomic E-state index is -0.507. The Kier molecular flexibility index (Phi) is 3.53. The van der Waals surface area contributed by atoms with E-state index in [0.717, 1.165) is 5.56 Å². The SMILES string of the molecule is Cc1ccc(F)c(-c2ccccc2CNC2CC2)c1F. The maximum Gasteiger partial charge on any atom is 0.136 e. The number of nitrogens with one attached hydrogen (secondary N) is 1. The second-order valence-electron chi connectivity index (χ2n) is 5.37. The van der Waals surface area contributed by atoms with E-state index >= 15 is 0 Å². The van der Waals surface area contributed by atoms with E-state index in [1.807, 2.05) is 18.2 Å². The van der Waals surface area contributed by atoms with Crippen molar-refractivity contribution in [3.63, 3.8) is 0 Å². The van der Waals surface area contributed by atoms with E-state index in [-0.39, 0.29) is 5.56 Å². The van der Waals surface area contributed by atoms with Crippen molar-refractivity contribution < 1.29 is 8.78 Å². The number of rotatable bonds is 4. The molecule has 20 heavy (non-hydrogen) atoms. The number of aryl methyl sites for hydroxylation is 1. The number of hydrogen-bond acceptors (Lipinski definition) is 1. The van der Waals surface area contributed by atoms with Crippen LogP contribution in [0.3, 0.4) is 0 Å². The predicted molar refractivity (Wildman–Crippen MR) is 76.4 cm³/mol. The van der Waals surface area contributed by atoms with Gasteiger partial charge in [-0.3, -0.25) is 0 Å². The smallest absolute Gasteiger partial charge is 0.136 e. The fourth-order valence-electron chi connectivity index (χ4n) is 2.36. The Morgan fingerprint density at radius 2 is 1.85 bits per heavy atom. The Hall–Kier alpha value is -1.74. The summed E-state index contributed by atoms with van der Waals surface area (Å²) in [4.78, 5) is 0. The third kappa shape index (κ3) is 2.59. The standard InChI is InChI=1S/C17H17F2N/c1-11-6-9-15(18)16(17(11)19)14-5-3-2-4-12(14)10-20-13-7-8-13/h2-6,9,13,20H,7-8,10H2,1H3. The van der Waals surface area contributed by atoms with E-state index in [4.69, 9.17) is 0 Å². The zero-order valence-corrected chi connectivity index (χ0v) is 11.4. The summed E-state index contributed by atoms with van der Waals surface area (Å²) in [5.74, 6) is -0.976. The molecular weight excluding hydrogens is 256 g/mol. The fraction of sp³-hybridized carbons (Fsp3) is 0.294. The number of benzene rings is 2. The maximum atomic E-state index is 14.3. The Bertz CT molecular complexity index is 633. The molecule has 0 heterocycles. The van der Waals surface area contributed by atoms with Crippen LogP contribution in [0.4, 0.5) is 8.78 Å². The highest BCUT2D eigenvalue weighted by atomic mass is 19.1. The lowest BCUT2D eigenvalue weighted by Crippen LogP contribution is -2.16. The highest BCUT2D eigenvalue weighted by Crippen LogP contribution is 2.31. The van der Waals surface area contributed by atoms with Gasteiger partial charge in [-0.1, -0.05) is 30.3 Å². The van der Waals surface area contributed by atoms with E-state index < -0.39 is 11.6 Å². The molecule has 2 aromatic carbocycles. The van der Waals surface area contributed by atoms with Gasteiger partial charge in [0.25, 0.3) is 0 Å². The van der Waals surface area contributed by atoms with Crippen LogP contribution in [-0.2, 0) is 6.54 Å². The van der Waals surface area contributed by atoms with Gasteiger partial charge >= 0.3 is 0 Å². The first kappa shape index (κ1) is 13.3. The van der Waals surface area contributed by atoms with Crippen molar-refractivity contribution >= 4 is 0 Å². The Labute approximate surface area is 117 Å². The van der Waals surface area contributed by atoms with Gasteiger partial charge in [-0.2, -0.15) is 0 Å². The van der Waals surface area contributed by atoms with E-state index in [9.17, 15) is 8.78 Å². The summed E-state index contributed by atoms with van der Waals surface area (Å²) in [5.41, 5.74) is 2.12. The molecule has 1 nitrogen and oxygen atoms in total. The third-order valence-electron chi connectivity index (χ3n) is 3.73. The van der Waals surface area contributed by atoms with Gasteiger partial charge in [0.05, 0.1) is 5.56 Å². The van der Waals surface area contributed by atoms with Crippen molar-refractivity contribution in [2.24, 2.45) is 0 Å². The molecular formula is C17H17F2N. The molecule has 0 bridgehead atoms. The lowest BCUT2D eigenvalue weighted by atomic mass is 9.97. The van der Waals surface area contributed by atoms with Crippen LogP contribution in [0.25, 0.3) is 11.1 Å². The zero-order chi connectivity index (χ0) is 14.1. The molecule has 1 N–H and O–H groups in total. The average Bonchev–Trinajstić information content (AvgIpc) is 3.26. The first-order chi connectivity index (χ1) is 9.66. The summed E-state index contributed by atoms with van der Waals surface area (Å²) in [6, 6.07) is 10.8. The summed E-state index contributed by atoms with van der Waals surface area (Å²) in [6.07, 6.45) is 2.38. The molecule has 0 atom stereocenters. The first-order valence-electron chi connectivity index (χ1n) is 6.93. The molecule has 0 amide bonds. The van der Waals surface area contributed by atoms with Gasteiger partial charge in [-0.25, -0.2) is 8.78 Å². The van der Waals surface area contributed by atoms with Gasteiger partial charge < -0.3 is 5.32 Å². The van der Waals surface area contributed by atoms with Crippen molar-refractivity contribution in [2.45, 2.75) is 32.4 Å². The summed E-state index contributed by atoms with van der Waals surface area (Å²) >= 11 is 0. The summed E-state index contributed by atoms with van der Waals surface area (Å²) in [5, 5.41) is 3.39. The molecule has 0 saturated heterocycles. The summed E-state index contributed by atoms with van der Waals surface area (Å²) < 4.78 is 28.3. The predicted octanol–water partition coefficient (Wildman–Crippen LogP) is 4.19. The lowest BCUT2D eigenvalue weighted by Gasteiger charge is -2.13. The monoisotopic (exact) mass is 273 g/mol. The van der Waals surface area contributed by atoms with Crippen molar-refractivity contribution in [1.29, 1.82) is 0 Å². The highest BCUT2D eigenvalue weighted by molar-refractivity contribution is 5.69. The normalized spacial score (nSPS) is 14.6. The average molecular weight is 273 g/mol. The van der Waals surface area contributed by atoms with Gasteiger partial charge in [0, 0.05) is 12.6 Å². The first-order valence-corrected chi connectivity index (χ1v) is 6.93. The van der Waals surface area contributed by atoms with Gasteiger partial charge in [0.2, 0.25) is 0 Å². The largest absolute Gasteiger partial charge is 0.310 e. The molecule has 0 aromatic heterocycles. The summed E-state index contributed by atoms with van der Waals surface area (Å²) in [7, 11) is 0. The van der Waals surface area contributed by atoms with Gasteiger partial charge in [0.1, 0.15) is 11.6 Å². The third-order valence-corrected chi connectivity index (χ3v) is 3.73. The Balaban J connectivity index is 2.02. The molecule has 1 aliphatic carbocycles. The quantitative estimate of drug-likeness (QED) is 0.880. The van der Waals surface area contributed by atoms with Crippen LogP contribution in [0.5, 0.6) is 0 Å². The molecule has 0 spiro atoms. The van der Waals surface area contributed by atoms with E-state index in [0.29, 0.717) is 23.7 Å². The van der Waals surface area contributed by atoms with Gasteiger partial charge in [-0.05, 0) is 42.5 Å². The minimum absolute atomic E-state index is 0.0817. The molecule has 1 saturated carbocycles. The number of hydrogen-bond donors (Lipinski definition) is 1. The van der Waals surface area contributed by atoms with Crippen molar-refractivity contribution in [2.75, 3.05) is 0 Å². The molecule has 0 aliphatic heterocycles. The van der Waals surface area contributed by atoms with E-state index in [2.05, 4.69) is 5.32 Å². The van der Waals surface area contributed by atoms with E-state index in [1.54, 1.807) is 13.0 Å². The molecule has 0 unspecified atom stereocenters. The van der Waals surface area contributed by atoms with Crippen LogP contribution in [-0.4, -0.2) is 6.04 Å². The Morgan fingerprint density at radius 3 is 2.60 bits per heavy atom. The highest BCUT2D eigenvalue weighted by Gasteiger charge is 2.21. The molecule has 1 fully saturated rings. The van der Waals surface area contributed by atoms with Crippen molar-refractivity contribution in [1.82, 2.24) is 5.32 Å². The molecule has 1 aliphatic rings. The summed E-state index contributed by atoms with van der Waals surface area (Å²) in [6.45, 7) is 2.30. The van der Waals surface area contributed by atoms with Crippen LogP contribution in [0.2, 0.25) is 0 Å². The van der Waals surface area contributed by atoms with Crippen LogP contribution >= 0.6 is 0 Å². The lowest BCUT2D eigenvalue weighted by molar-refractivity contribution is 0.583.